The van der Waals surface area contributed by atoms with Crippen LogP contribution in [0.2, 0.25) is 0 Å². The molecule has 0 aliphatic rings. The van der Waals surface area contributed by atoms with E-state index in [9.17, 15) is 0 Å². The van der Waals surface area contributed by atoms with Gasteiger partial charge in [0, 0.05) is 13.5 Å². The molecule has 0 atom stereocenters. The van der Waals surface area contributed by atoms with Crippen LogP contribution in [0.5, 0.6) is 5.75 Å². The molecule has 0 spiro atoms. The average Bonchev–Trinajstić information content (AvgIpc) is 2.70. The molecule has 19 heavy (non-hydrogen) atoms. The van der Waals surface area contributed by atoms with Crippen molar-refractivity contribution < 1.29 is 4.74 Å². The van der Waals surface area contributed by atoms with Gasteiger partial charge in [0.25, 0.3) is 0 Å². The van der Waals surface area contributed by atoms with Crippen molar-refractivity contribution >= 4 is 0 Å². The Morgan fingerprint density at radius 1 is 1.32 bits per heavy atom. The minimum atomic E-state index is 0.565. The van der Waals surface area contributed by atoms with E-state index in [2.05, 4.69) is 23.1 Å². The lowest BCUT2D eigenvalue weighted by molar-refractivity contribution is 0.413. The van der Waals surface area contributed by atoms with Crippen LogP contribution in [0.3, 0.4) is 0 Å². The van der Waals surface area contributed by atoms with E-state index in [-0.39, 0.29) is 0 Å². The molecule has 0 saturated carbocycles. The van der Waals surface area contributed by atoms with Crippen LogP contribution in [-0.2, 0) is 13.5 Å². The molecule has 0 radical (unpaired) electrons. The summed E-state index contributed by atoms with van der Waals surface area (Å²) in [6, 6.07) is 4.14. The average molecular weight is 260 g/mol. The lowest BCUT2D eigenvalue weighted by Gasteiger charge is -2.10. The van der Waals surface area contributed by atoms with Crippen LogP contribution < -0.4 is 10.5 Å². The van der Waals surface area contributed by atoms with E-state index in [4.69, 9.17) is 10.5 Å². The Bertz CT molecular complexity index is 589. The molecule has 0 fully saturated rings. The highest BCUT2D eigenvalue weighted by atomic mass is 16.5. The molecule has 0 aliphatic carbocycles. The van der Waals surface area contributed by atoms with Crippen LogP contribution >= 0.6 is 0 Å². The summed E-state index contributed by atoms with van der Waals surface area (Å²) in [5.74, 6) is 2.41. The zero-order chi connectivity index (χ0) is 14.0. The van der Waals surface area contributed by atoms with Gasteiger partial charge in [0.1, 0.15) is 11.6 Å². The normalized spacial score (nSPS) is 10.8. The van der Waals surface area contributed by atoms with Gasteiger partial charge in [-0.05, 0) is 37.6 Å². The van der Waals surface area contributed by atoms with Crippen LogP contribution in [-0.4, -0.2) is 28.4 Å². The first-order valence-electron chi connectivity index (χ1n) is 6.32. The van der Waals surface area contributed by atoms with Crippen molar-refractivity contribution in [2.75, 3.05) is 13.7 Å². The molecule has 1 heterocycles. The fourth-order valence-corrected chi connectivity index (χ4v) is 2.27. The van der Waals surface area contributed by atoms with Gasteiger partial charge in [0.05, 0.1) is 12.7 Å². The standard InChI is InChI=1S/C14H20N4O/c1-9-7-10(2)13(19-4)11(8-9)14-16-12(5-6-15)18(3)17-14/h7-8H,5-6,15H2,1-4H3. The third-order valence-electron chi connectivity index (χ3n) is 3.09. The Kier molecular flexibility index (Phi) is 3.85. The molecule has 1 aromatic heterocycles. The van der Waals surface area contributed by atoms with Gasteiger partial charge in [-0.1, -0.05) is 6.07 Å². The topological polar surface area (TPSA) is 66.0 Å². The molecular formula is C14H20N4O. The monoisotopic (exact) mass is 260 g/mol. The highest BCUT2D eigenvalue weighted by Gasteiger charge is 2.15. The number of aryl methyl sites for hydroxylation is 3. The smallest absolute Gasteiger partial charge is 0.185 e. The summed E-state index contributed by atoms with van der Waals surface area (Å²) in [4.78, 5) is 4.55. The third kappa shape index (κ3) is 2.61. The number of ether oxygens (including phenoxy) is 1. The van der Waals surface area contributed by atoms with Crippen molar-refractivity contribution in [3.63, 3.8) is 0 Å². The zero-order valence-electron chi connectivity index (χ0n) is 11.9. The predicted octanol–water partition coefficient (Wildman–Crippen LogP) is 1.61. The second-order valence-corrected chi connectivity index (χ2v) is 4.68. The summed E-state index contributed by atoms with van der Waals surface area (Å²) in [5.41, 5.74) is 8.76. The summed E-state index contributed by atoms with van der Waals surface area (Å²) >= 11 is 0. The van der Waals surface area contributed by atoms with Crippen molar-refractivity contribution in [3.8, 4) is 17.1 Å². The number of aromatic nitrogens is 3. The van der Waals surface area contributed by atoms with Crippen molar-refractivity contribution in [2.24, 2.45) is 12.8 Å². The van der Waals surface area contributed by atoms with Gasteiger partial charge in [0.15, 0.2) is 5.82 Å². The van der Waals surface area contributed by atoms with E-state index in [1.165, 1.54) is 5.56 Å². The second kappa shape index (κ2) is 5.40. The fraction of sp³-hybridized carbons (Fsp3) is 0.429. The van der Waals surface area contributed by atoms with E-state index < -0.39 is 0 Å². The summed E-state index contributed by atoms with van der Waals surface area (Å²) < 4.78 is 7.26. The number of nitrogens with two attached hydrogens (primary N) is 1. The Hall–Kier alpha value is -1.88. The maximum Gasteiger partial charge on any atom is 0.185 e. The summed E-state index contributed by atoms with van der Waals surface area (Å²) in [7, 11) is 3.56. The fourth-order valence-electron chi connectivity index (χ4n) is 2.27. The zero-order valence-corrected chi connectivity index (χ0v) is 11.9. The second-order valence-electron chi connectivity index (χ2n) is 4.68. The van der Waals surface area contributed by atoms with Gasteiger partial charge in [0.2, 0.25) is 0 Å². The van der Waals surface area contributed by atoms with E-state index in [1.807, 2.05) is 20.0 Å². The lowest BCUT2D eigenvalue weighted by Crippen LogP contribution is -2.08. The number of methoxy groups -OCH3 is 1. The highest BCUT2D eigenvalue weighted by Crippen LogP contribution is 2.32. The highest BCUT2D eigenvalue weighted by molar-refractivity contribution is 5.67. The molecule has 2 rings (SSSR count). The maximum absolute atomic E-state index is 5.58. The molecule has 2 N–H and O–H groups in total. The summed E-state index contributed by atoms with van der Waals surface area (Å²) in [5, 5.41) is 4.46. The van der Waals surface area contributed by atoms with Crippen LogP contribution in [0.25, 0.3) is 11.4 Å². The Morgan fingerprint density at radius 2 is 2.05 bits per heavy atom. The molecular weight excluding hydrogens is 240 g/mol. The van der Waals surface area contributed by atoms with Crippen molar-refractivity contribution in [3.05, 3.63) is 29.1 Å². The molecule has 0 unspecified atom stereocenters. The van der Waals surface area contributed by atoms with Gasteiger partial charge in [-0.25, -0.2) is 4.98 Å². The first-order chi connectivity index (χ1) is 9.06. The van der Waals surface area contributed by atoms with Crippen molar-refractivity contribution in [2.45, 2.75) is 20.3 Å². The summed E-state index contributed by atoms with van der Waals surface area (Å²) in [6.45, 7) is 4.65. The Balaban J connectivity index is 2.55. The maximum atomic E-state index is 5.58. The number of hydrogen-bond acceptors (Lipinski definition) is 4. The third-order valence-corrected chi connectivity index (χ3v) is 3.09. The molecule has 0 saturated heterocycles. The van der Waals surface area contributed by atoms with Crippen LogP contribution in [0.4, 0.5) is 0 Å². The van der Waals surface area contributed by atoms with E-state index >= 15 is 0 Å². The molecule has 0 bridgehead atoms. The van der Waals surface area contributed by atoms with Crippen molar-refractivity contribution in [1.82, 2.24) is 14.8 Å². The lowest BCUT2D eigenvalue weighted by atomic mass is 10.1. The van der Waals surface area contributed by atoms with Crippen LogP contribution in [0.15, 0.2) is 12.1 Å². The Labute approximate surface area is 113 Å². The number of hydrogen-bond donors (Lipinski definition) is 1. The van der Waals surface area contributed by atoms with Crippen LogP contribution in [0.1, 0.15) is 17.0 Å². The van der Waals surface area contributed by atoms with Crippen molar-refractivity contribution in [1.29, 1.82) is 0 Å². The molecule has 102 valence electrons. The number of nitrogens with zero attached hydrogens (tertiary/aromatic N) is 3. The molecule has 0 amide bonds. The van der Waals surface area contributed by atoms with Gasteiger partial charge in [-0.3, -0.25) is 4.68 Å². The van der Waals surface area contributed by atoms with Gasteiger partial charge < -0.3 is 10.5 Å². The quantitative estimate of drug-likeness (QED) is 0.907. The van der Waals surface area contributed by atoms with E-state index in [0.29, 0.717) is 12.4 Å². The first kappa shape index (κ1) is 13.5. The molecule has 5 heteroatoms. The largest absolute Gasteiger partial charge is 0.496 e. The molecule has 1 aromatic carbocycles. The molecule has 5 nitrogen and oxygen atoms in total. The minimum absolute atomic E-state index is 0.565. The first-order valence-corrected chi connectivity index (χ1v) is 6.32. The SMILES string of the molecule is COc1c(C)cc(C)cc1-c1nc(CCN)n(C)n1. The molecule has 0 aliphatic heterocycles. The van der Waals surface area contributed by atoms with E-state index in [1.54, 1.807) is 11.8 Å². The molecule has 2 aromatic rings. The minimum Gasteiger partial charge on any atom is -0.496 e. The summed E-state index contributed by atoms with van der Waals surface area (Å²) in [6.07, 6.45) is 0.719. The number of rotatable bonds is 4. The Morgan fingerprint density at radius 3 is 2.68 bits per heavy atom. The van der Waals surface area contributed by atoms with Gasteiger partial charge in [-0.15, -0.1) is 0 Å². The number of benzene rings is 1. The van der Waals surface area contributed by atoms with E-state index in [0.717, 1.165) is 29.1 Å². The van der Waals surface area contributed by atoms with Crippen LogP contribution in [0, 0.1) is 13.8 Å². The van der Waals surface area contributed by atoms with Gasteiger partial charge >= 0.3 is 0 Å². The van der Waals surface area contributed by atoms with Gasteiger partial charge in [-0.2, -0.15) is 5.10 Å². The predicted molar refractivity (Wildman–Crippen MR) is 75.2 cm³/mol.